The number of halogens is 1. The maximum Gasteiger partial charge on any atom is 0.242 e. The highest BCUT2D eigenvalue weighted by molar-refractivity contribution is 6.30. The second-order valence-corrected chi connectivity index (χ2v) is 5.28. The number of benzene rings is 1. The third-order valence-electron chi connectivity index (χ3n) is 2.56. The molecule has 0 bridgehead atoms. The van der Waals surface area contributed by atoms with Gasteiger partial charge in [0.15, 0.2) is 0 Å². The Morgan fingerprint density at radius 2 is 1.53 bits per heavy atom. The van der Waals surface area contributed by atoms with Gasteiger partial charge in [-0.15, -0.1) is 11.6 Å². The fourth-order valence-corrected chi connectivity index (χ4v) is 1.77. The van der Waals surface area contributed by atoms with Gasteiger partial charge in [0, 0.05) is 6.04 Å². The predicted molar refractivity (Wildman–Crippen MR) is 72.4 cm³/mol. The van der Waals surface area contributed by atoms with Crippen molar-refractivity contribution in [1.82, 2.24) is 5.32 Å². The molecule has 0 saturated heterocycles. The molecule has 0 aromatic heterocycles. The molecular weight excluding hydrogens is 234 g/mol. The predicted octanol–water partition coefficient (Wildman–Crippen LogP) is 3.61. The van der Waals surface area contributed by atoms with Crippen LogP contribution in [0.25, 0.3) is 0 Å². The molecule has 0 fully saturated rings. The molecule has 17 heavy (non-hydrogen) atoms. The lowest BCUT2D eigenvalue weighted by Crippen LogP contribution is -2.32. The van der Waals surface area contributed by atoms with E-state index in [-0.39, 0.29) is 11.9 Å². The molecule has 3 heteroatoms. The zero-order chi connectivity index (χ0) is 13.0. The van der Waals surface area contributed by atoms with Crippen LogP contribution < -0.4 is 5.32 Å². The molecule has 0 heterocycles. The van der Waals surface area contributed by atoms with Crippen LogP contribution in [-0.2, 0) is 4.79 Å². The topological polar surface area (TPSA) is 29.1 Å². The lowest BCUT2D eigenvalue weighted by atomic mass is 10.0. The van der Waals surface area contributed by atoms with Crippen LogP contribution >= 0.6 is 11.6 Å². The smallest absolute Gasteiger partial charge is 0.242 e. The molecule has 0 aliphatic rings. The van der Waals surface area contributed by atoms with Crippen LogP contribution in [0.4, 0.5) is 0 Å². The summed E-state index contributed by atoms with van der Waals surface area (Å²) in [6, 6.07) is 8.01. The first-order valence-electron chi connectivity index (χ1n) is 5.96. The van der Waals surface area contributed by atoms with E-state index in [1.807, 2.05) is 38.1 Å². The van der Waals surface area contributed by atoms with Crippen molar-refractivity contribution >= 4 is 17.5 Å². The van der Waals surface area contributed by atoms with Crippen LogP contribution in [0.1, 0.15) is 50.1 Å². The Balaban J connectivity index is 2.75. The van der Waals surface area contributed by atoms with Gasteiger partial charge in [-0.2, -0.15) is 0 Å². The van der Waals surface area contributed by atoms with Gasteiger partial charge < -0.3 is 5.32 Å². The Morgan fingerprint density at radius 3 is 1.94 bits per heavy atom. The van der Waals surface area contributed by atoms with E-state index in [1.54, 1.807) is 0 Å². The third kappa shape index (κ3) is 4.04. The molecule has 0 saturated carbocycles. The van der Waals surface area contributed by atoms with Gasteiger partial charge in [-0.05, 0) is 30.9 Å². The Hall–Kier alpha value is -1.02. The number of carbonyl (C=O) groups is 1. The van der Waals surface area contributed by atoms with Crippen LogP contribution in [0.3, 0.4) is 0 Å². The molecule has 94 valence electrons. The molecule has 1 atom stereocenters. The third-order valence-corrected chi connectivity index (χ3v) is 3.01. The Morgan fingerprint density at radius 1 is 1.06 bits per heavy atom. The first kappa shape index (κ1) is 14.0. The summed E-state index contributed by atoms with van der Waals surface area (Å²) in [6.45, 7) is 8.12. The molecule has 0 aliphatic carbocycles. The summed E-state index contributed by atoms with van der Waals surface area (Å²) in [5.41, 5.74) is 2.09. The quantitative estimate of drug-likeness (QED) is 0.816. The first-order valence-corrected chi connectivity index (χ1v) is 6.39. The van der Waals surface area contributed by atoms with Crippen LogP contribution in [0.2, 0.25) is 0 Å². The highest BCUT2D eigenvalue weighted by Crippen LogP contribution is 2.23. The van der Waals surface area contributed by atoms with Crippen molar-refractivity contribution in [3.8, 4) is 0 Å². The van der Waals surface area contributed by atoms with Crippen LogP contribution in [0.15, 0.2) is 24.3 Å². The van der Waals surface area contributed by atoms with Gasteiger partial charge in [0.25, 0.3) is 0 Å². The van der Waals surface area contributed by atoms with E-state index in [0.29, 0.717) is 5.92 Å². The van der Waals surface area contributed by atoms with Gasteiger partial charge in [0.1, 0.15) is 5.38 Å². The molecule has 1 aromatic carbocycles. The van der Waals surface area contributed by atoms with Crippen LogP contribution in [0, 0.1) is 0 Å². The molecule has 0 spiro atoms. The van der Waals surface area contributed by atoms with Crippen LogP contribution in [-0.4, -0.2) is 11.9 Å². The molecular formula is C14H20ClNO. The van der Waals surface area contributed by atoms with Crippen molar-refractivity contribution in [2.45, 2.75) is 45.0 Å². The zero-order valence-corrected chi connectivity index (χ0v) is 11.6. The minimum absolute atomic E-state index is 0.110. The normalized spacial score (nSPS) is 12.9. The fourth-order valence-electron chi connectivity index (χ4n) is 1.56. The second kappa shape index (κ2) is 6.06. The van der Waals surface area contributed by atoms with E-state index in [4.69, 9.17) is 11.6 Å². The molecule has 0 aliphatic heterocycles. The summed E-state index contributed by atoms with van der Waals surface area (Å²) >= 11 is 6.12. The Kier molecular flexibility index (Phi) is 5.01. The number of carbonyl (C=O) groups excluding carboxylic acids is 1. The van der Waals surface area contributed by atoms with Gasteiger partial charge in [0.2, 0.25) is 5.91 Å². The Labute approximate surface area is 108 Å². The molecule has 1 rings (SSSR count). The van der Waals surface area contributed by atoms with Gasteiger partial charge in [-0.25, -0.2) is 0 Å². The second-order valence-electron chi connectivity index (χ2n) is 4.85. The number of alkyl halides is 1. The average Bonchev–Trinajstić information content (AvgIpc) is 2.27. The van der Waals surface area contributed by atoms with E-state index in [2.05, 4.69) is 19.2 Å². The summed E-state index contributed by atoms with van der Waals surface area (Å²) in [5.74, 6) is 0.348. The fraction of sp³-hybridized carbons (Fsp3) is 0.500. The summed E-state index contributed by atoms with van der Waals surface area (Å²) in [7, 11) is 0. The van der Waals surface area contributed by atoms with Crippen molar-refractivity contribution in [1.29, 1.82) is 0 Å². The highest BCUT2D eigenvalue weighted by atomic mass is 35.5. The van der Waals surface area contributed by atoms with Crippen LogP contribution in [0.5, 0.6) is 0 Å². The molecule has 0 radical (unpaired) electrons. The highest BCUT2D eigenvalue weighted by Gasteiger charge is 2.18. The molecule has 1 amide bonds. The van der Waals surface area contributed by atoms with E-state index >= 15 is 0 Å². The van der Waals surface area contributed by atoms with Crippen molar-refractivity contribution in [2.75, 3.05) is 0 Å². The molecule has 2 nitrogen and oxygen atoms in total. The maximum absolute atomic E-state index is 11.7. The van der Waals surface area contributed by atoms with Gasteiger partial charge in [-0.1, -0.05) is 38.1 Å². The summed E-state index contributed by atoms with van der Waals surface area (Å²) in [6.07, 6.45) is 0. The van der Waals surface area contributed by atoms with E-state index in [0.717, 1.165) is 5.56 Å². The minimum Gasteiger partial charge on any atom is -0.352 e. The maximum atomic E-state index is 11.7. The minimum atomic E-state index is -0.612. The molecule has 1 N–H and O–H groups in total. The van der Waals surface area contributed by atoms with Crippen molar-refractivity contribution in [3.63, 3.8) is 0 Å². The largest absolute Gasteiger partial charge is 0.352 e. The number of amides is 1. The van der Waals surface area contributed by atoms with Crippen molar-refractivity contribution in [2.24, 2.45) is 0 Å². The zero-order valence-electron chi connectivity index (χ0n) is 10.8. The van der Waals surface area contributed by atoms with Gasteiger partial charge >= 0.3 is 0 Å². The van der Waals surface area contributed by atoms with Crippen molar-refractivity contribution in [3.05, 3.63) is 35.4 Å². The average molecular weight is 254 g/mol. The number of hydrogen-bond donors (Lipinski definition) is 1. The molecule has 1 unspecified atom stereocenters. The summed E-state index contributed by atoms with van der Waals surface area (Å²) < 4.78 is 0. The number of rotatable bonds is 4. The summed E-state index contributed by atoms with van der Waals surface area (Å²) in [5, 5.41) is 2.20. The summed E-state index contributed by atoms with van der Waals surface area (Å²) in [4.78, 5) is 11.7. The van der Waals surface area contributed by atoms with E-state index in [1.165, 1.54) is 5.56 Å². The standard InChI is InChI=1S/C14H20ClNO/c1-9(2)11-5-7-12(8-6-11)13(15)14(17)16-10(3)4/h5-10,13H,1-4H3,(H,16,17). The number of hydrogen-bond acceptors (Lipinski definition) is 1. The van der Waals surface area contributed by atoms with E-state index < -0.39 is 5.38 Å². The number of nitrogens with one attached hydrogen (secondary N) is 1. The van der Waals surface area contributed by atoms with E-state index in [9.17, 15) is 4.79 Å². The SMILES string of the molecule is CC(C)NC(=O)C(Cl)c1ccc(C(C)C)cc1. The lowest BCUT2D eigenvalue weighted by Gasteiger charge is -2.14. The first-order chi connectivity index (χ1) is 7.91. The van der Waals surface area contributed by atoms with Gasteiger partial charge in [0.05, 0.1) is 0 Å². The van der Waals surface area contributed by atoms with Gasteiger partial charge in [-0.3, -0.25) is 4.79 Å². The molecule has 1 aromatic rings. The lowest BCUT2D eigenvalue weighted by molar-refractivity contribution is -0.121. The monoisotopic (exact) mass is 253 g/mol. The van der Waals surface area contributed by atoms with Crippen molar-refractivity contribution < 1.29 is 4.79 Å². The Bertz CT molecular complexity index is 370.